The predicted octanol–water partition coefficient (Wildman–Crippen LogP) is 4.23. The van der Waals surface area contributed by atoms with Crippen molar-refractivity contribution in [1.29, 1.82) is 0 Å². The molecule has 29 heavy (non-hydrogen) atoms. The van der Waals surface area contributed by atoms with Gasteiger partial charge in [-0.25, -0.2) is 0 Å². The lowest BCUT2D eigenvalue weighted by atomic mass is 10.1. The van der Waals surface area contributed by atoms with Crippen LogP contribution in [0.15, 0.2) is 64.2 Å². The Morgan fingerprint density at radius 1 is 1.07 bits per heavy atom. The fraction of sp³-hybridized carbons (Fsp3) is 0.286. The van der Waals surface area contributed by atoms with Gasteiger partial charge in [0.1, 0.15) is 0 Å². The molecule has 0 radical (unpaired) electrons. The Morgan fingerprint density at radius 2 is 1.76 bits per heavy atom. The first-order valence-corrected chi connectivity index (χ1v) is 11.1. The van der Waals surface area contributed by atoms with Gasteiger partial charge < -0.3 is 9.64 Å². The molecule has 3 aromatic rings. The van der Waals surface area contributed by atoms with Gasteiger partial charge in [-0.05, 0) is 31.2 Å². The Morgan fingerprint density at radius 3 is 2.45 bits per heavy atom. The molecule has 0 bridgehead atoms. The van der Waals surface area contributed by atoms with E-state index in [4.69, 9.17) is 4.74 Å². The molecule has 0 unspecified atom stereocenters. The van der Waals surface area contributed by atoms with Gasteiger partial charge in [-0.1, -0.05) is 58.0 Å². The van der Waals surface area contributed by atoms with Gasteiger partial charge in [-0.2, -0.15) is 0 Å². The molecule has 150 valence electrons. The number of anilines is 1. The van der Waals surface area contributed by atoms with Crippen molar-refractivity contribution in [1.82, 2.24) is 14.8 Å². The average Bonchev–Trinajstić information content (AvgIpc) is 3.18. The molecule has 6 nitrogen and oxygen atoms in total. The van der Waals surface area contributed by atoms with Gasteiger partial charge in [0.05, 0.1) is 24.2 Å². The van der Waals surface area contributed by atoms with Gasteiger partial charge in [0.25, 0.3) is 0 Å². The van der Waals surface area contributed by atoms with Crippen LogP contribution in [-0.4, -0.2) is 52.1 Å². The minimum absolute atomic E-state index is 0.0676. The van der Waals surface area contributed by atoms with Gasteiger partial charge >= 0.3 is 0 Å². The molecule has 1 saturated heterocycles. The third-order valence-electron chi connectivity index (χ3n) is 4.70. The number of morpholine rings is 1. The average molecular weight is 473 g/mol. The van der Waals surface area contributed by atoms with Crippen molar-refractivity contribution in [3.8, 4) is 5.69 Å². The minimum Gasteiger partial charge on any atom is -0.378 e. The second-order valence-corrected chi connectivity index (χ2v) is 8.91. The Kier molecular flexibility index (Phi) is 6.32. The van der Waals surface area contributed by atoms with Crippen LogP contribution in [0.25, 0.3) is 5.69 Å². The van der Waals surface area contributed by atoms with Crippen LogP contribution in [0.5, 0.6) is 0 Å². The second kappa shape index (κ2) is 9.11. The van der Waals surface area contributed by atoms with Crippen molar-refractivity contribution < 1.29 is 9.53 Å². The molecule has 1 aliphatic heterocycles. The number of Topliss-reactive ketones (excluding diaryl/α,β-unsaturated/α-hetero) is 1. The summed E-state index contributed by atoms with van der Waals surface area (Å²) in [4.78, 5) is 15.1. The summed E-state index contributed by atoms with van der Waals surface area (Å²) in [5, 5.41) is 9.30. The summed E-state index contributed by atoms with van der Waals surface area (Å²) < 4.78 is 8.46. The fourth-order valence-corrected chi connectivity index (χ4v) is 4.37. The number of rotatable bonds is 6. The molecule has 1 aromatic heterocycles. The van der Waals surface area contributed by atoms with Crippen molar-refractivity contribution >= 4 is 39.4 Å². The number of hydrogen-bond acceptors (Lipinski definition) is 6. The molecule has 1 fully saturated rings. The number of ether oxygens (including phenoxy) is 1. The quantitative estimate of drug-likeness (QED) is 0.395. The van der Waals surface area contributed by atoms with Crippen LogP contribution in [-0.2, 0) is 4.74 Å². The minimum atomic E-state index is -0.291. The monoisotopic (exact) mass is 472 g/mol. The lowest BCUT2D eigenvalue weighted by Gasteiger charge is -2.28. The Bertz CT molecular complexity index is 972. The van der Waals surface area contributed by atoms with E-state index >= 15 is 0 Å². The first kappa shape index (κ1) is 20.1. The zero-order chi connectivity index (χ0) is 20.2. The van der Waals surface area contributed by atoms with Crippen molar-refractivity contribution in [3.63, 3.8) is 0 Å². The number of nitrogens with zero attached hydrogens (tertiary/aromatic N) is 4. The van der Waals surface area contributed by atoms with E-state index < -0.39 is 0 Å². The molecule has 0 spiro atoms. The van der Waals surface area contributed by atoms with E-state index in [1.165, 1.54) is 11.8 Å². The number of carbonyl (C=O) groups is 1. The Labute approximate surface area is 182 Å². The molecule has 2 heterocycles. The highest BCUT2D eigenvalue weighted by Gasteiger charge is 2.25. The fourth-order valence-electron chi connectivity index (χ4n) is 3.17. The molecule has 0 aliphatic carbocycles. The molecule has 8 heteroatoms. The zero-order valence-corrected chi connectivity index (χ0v) is 18.4. The molecule has 1 aliphatic rings. The number of ketones is 1. The van der Waals surface area contributed by atoms with Crippen LogP contribution in [0.3, 0.4) is 0 Å². The largest absolute Gasteiger partial charge is 0.378 e. The summed E-state index contributed by atoms with van der Waals surface area (Å²) >= 11 is 4.84. The smallest absolute Gasteiger partial charge is 0.232 e. The summed E-state index contributed by atoms with van der Waals surface area (Å²) in [5.41, 5.74) is 1.66. The third kappa shape index (κ3) is 4.55. The molecule has 0 saturated carbocycles. The summed E-state index contributed by atoms with van der Waals surface area (Å²) in [6.45, 7) is 4.78. The van der Waals surface area contributed by atoms with Crippen LogP contribution in [0, 0.1) is 0 Å². The molecule has 1 atom stereocenters. The lowest BCUT2D eigenvalue weighted by Crippen LogP contribution is -2.37. The number of hydrogen-bond donors (Lipinski definition) is 0. The van der Waals surface area contributed by atoms with Crippen molar-refractivity contribution in [2.75, 3.05) is 31.2 Å². The van der Waals surface area contributed by atoms with Crippen molar-refractivity contribution in [3.05, 3.63) is 64.6 Å². The Hall–Kier alpha value is -2.16. The number of halogens is 1. The maximum atomic E-state index is 12.9. The maximum absolute atomic E-state index is 12.9. The number of thioether (sulfide) groups is 1. The van der Waals surface area contributed by atoms with E-state index in [0.29, 0.717) is 23.9 Å². The highest BCUT2D eigenvalue weighted by atomic mass is 79.9. The third-order valence-corrected chi connectivity index (χ3v) is 6.28. The Balaban J connectivity index is 1.63. The van der Waals surface area contributed by atoms with E-state index in [2.05, 4.69) is 31.0 Å². The van der Waals surface area contributed by atoms with Crippen LogP contribution in [0.1, 0.15) is 17.3 Å². The summed E-state index contributed by atoms with van der Waals surface area (Å²) in [5.74, 6) is 0.850. The van der Waals surface area contributed by atoms with E-state index in [1.807, 2.05) is 66.1 Å². The predicted molar refractivity (Wildman–Crippen MR) is 118 cm³/mol. The van der Waals surface area contributed by atoms with Crippen LogP contribution in [0.4, 0.5) is 5.95 Å². The molecule has 0 amide bonds. The molecular formula is C21H21BrN4O2S. The summed E-state index contributed by atoms with van der Waals surface area (Å²) in [6.07, 6.45) is 0. The van der Waals surface area contributed by atoms with Gasteiger partial charge in [0.15, 0.2) is 10.9 Å². The van der Waals surface area contributed by atoms with Gasteiger partial charge in [0.2, 0.25) is 5.95 Å². The number of para-hydroxylation sites is 1. The molecule has 0 N–H and O–H groups in total. The zero-order valence-electron chi connectivity index (χ0n) is 16.0. The van der Waals surface area contributed by atoms with E-state index in [9.17, 15) is 4.79 Å². The van der Waals surface area contributed by atoms with Gasteiger partial charge in [-0.15, -0.1) is 10.2 Å². The highest BCUT2D eigenvalue weighted by Crippen LogP contribution is 2.31. The van der Waals surface area contributed by atoms with E-state index in [1.54, 1.807) is 0 Å². The van der Waals surface area contributed by atoms with Crippen LogP contribution < -0.4 is 4.90 Å². The van der Waals surface area contributed by atoms with Crippen LogP contribution in [0.2, 0.25) is 0 Å². The SMILES string of the molecule is C[C@@H](Sc1nnc(N2CCOCC2)n1-c1ccccc1)C(=O)c1ccc(Br)cc1. The highest BCUT2D eigenvalue weighted by molar-refractivity contribution is 9.10. The maximum Gasteiger partial charge on any atom is 0.232 e. The number of carbonyl (C=O) groups excluding carboxylic acids is 1. The standard InChI is InChI=1S/C21H21BrN4O2S/c1-15(19(27)16-7-9-17(22)10-8-16)29-21-24-23-20(25-11-13-28-14-12-25)26(21)18-5-3-2-4-6-18/h2-10,15H,11-14H2,1H3/t15-/m1/s1. The number of aromatic nitrogens is 3. The van der Waals surface area contributed by atoms with E-state index in [0.717, 1.165) is 29.2 Å². The number of benzene rings is 2. The first-order valence-electron chi connectivity index (χ1n) is 9.43. The molecular weight excluding hydrogens is 452 g/mol. The first-order chi connectivity index (χ1) is 14.1. The molecule has 4 rings (SSSR count). The van der Waals surface area contributed by atoms with Crippen molar-refractivity contribution in [2.24, 2.45) is 0 Å². The normalized spacial score (nSPS) is 15.3. The topological polar surface area (TPSA) is 60.2 Å². The van der Waals surface area contributed by atoms with E-state index in [-0.39, 0.29) is 11.0 Å². The van der Waals surface area contributed by atoms with Crippen molar-refractivity contribution in [2.45, 2.75) is 17.3 Å². The van der Waals surface area contributed by atoms with Crippen LogP contribution >= 0.6 is 27.7 Å². The summed E-state index contributed by atoms with van der Waals surface area (Å²) in [7, 11) is 0. The molecule has 2 aromatic carbocycles. The van der Waals surface area contributed by atoms with Gasteiger partial charge in [-0.3, -0.25) is 9.36 Å². The van der Waals surface area contributed by atoms with Gasteiger partial charge in [0, 0.05) is 23.1 Å². The lowest BCUT2D eigenvalue weighted by molar-refractivity contribution is 0.0994. The summed E-state index contributed by atoms with van der Waals surface area (Å²) in [6, 6.07) is 17.5. The second-order valence-electron chi connectivity index (χ2n) is 6.68.